The number of hydrogen-bond donors (Lipinski definition) is 1. The van der Waals surface area contributed by atoms with Crippen molar-refractivity contribution in [2.75, 3.05) is 13.6 Å². The van der Waals surface area contributed by atoms with Crippen molar-refractivity contribution >= 4 is 10.0 Å². The fraction of sp³-hybridized carbons (Fsp3) is 0.533. The van der Waals surface area contributed by atoms with Crippen LogP contribution in [0.3, 0.4) is 0 Å². The van der Waals surface area contributed by atoms with Gasteiger partial charge in [0.1, 0.15) is 11.0 Å². The second-order valence-electron chi connectivity index (χ2n) is 5.58. The Morgan fingerprint density at radius 3 is 2.52 bits per heavy atom. The average Bonchev–Trinajstić information content (AvgIpc) is 2.43. The third-order valence-corrected chi connectivity index (χ3v) is 5.57. The predicted molar refractivity (Wildman–Crippen MR) is 83.1 cm³/mol. The van der Waals surface area contributed by atoms with E-state index in [0.29, 0.717) is 24.4 Å². The molecule has 0 aromatic heterocycles. The van der Waals surface area contributed by atoms with Gasteiger partial charge in [-0.05, 0) is 30.9 Å². The zero-order chi connectivity index (χ0) is 16.2. The van der Waals surface area contributed by atoms with Crippen LogP contribution in [-0.2, 0) is 10.0 Å². The monoisotopic (exact) mass is 309 g/mol. The van der Waals surface area contributed by atoms with E-state index in [1.54, 1.807) is 19.1 Å². The maximum atomic E-state index is 12.6. The topological polar surface area (TPSA) is 87.2 Å². The molecular formula is C15H23N3O2S. The first kappa shape index (κ1) is 17.6. The van der Waals surface area contributed by atoms with Crippen molar-refractivity contribution in [3.8, 4) is 6.07 Å². The summed E-state index contributed by atoms with van der Waals surface area (Å²) in [5.41, 5.74) is 6.82. The van der Waals surface area contributed by atoms with E-state index in [1.165, 1.54) is 17.4 Å². The number of benzene rings is 1. The van der Waals surface area contributed by atoms with Crippen LogP contribution >= 0.6 is 0 Å². The van der Waals surface area contributed by atoms with Crippen molar-refractivity contribution in [1.82, 2.24) is 4.31 Å². The van der Waals surface area contributed by atoms with Gasteiger partial charge in [0.25, 0.3) is 0 Å². The standard InChI is InChI=1S/C15H23N3O2S/c1-11(2)14(17)8-9-18(4)21(19,20)15-7-5-6-12(3)13(15)10-16/h5-7,11,14H,8-9,17H2,1-4H3/t14-/m0/s1. The molecule has 0 amide bonds. The van der Waals surface area contributed by atoms with Gasteiger partial charge >= 0.3 is 0 Å². The molecule has 0 saturated heterocycles. The largest absolute Gasteiger partial charge is 0.327 e. The normalized spacial score (nSPS) is 13.4. The predicted octanol–water partition coefficient (Wildman–Crippen LogP) is 1.86. The van der Waals surface area contributed by atoms with Crippen molar-refractivity contribution in [1.29, 1.82) is 5.26 Å². The Labute approximate surface area is 127 Å². The van der Waals surface area contributed by atoms with Crippen LogP contribution in [0.4, 0.5) is 0 Å². The molecule has 1 rings (SSSR count). The van der Waals surface area contributed by atoms with E-state index in [9.17, 15) is 13.7 Å². The van der Waals surface area contributed by atoms with Gasteiger partial charge < -0.3 is 5.73 Å². The Kier molecular flexibility index (Phi) is 5.90. The lowest BCUT2D eigenvalue weighted by atomic mass is 10.0. The summed E-state index contributed by atoms with van der Waals surface area (Å²) < 4.78 is 26.4. The van der Waals surface area contributed by atoms with Crippen LogP contribution in [0.5, 0.6) is 0 Å². The molecule has 0 aliphatic carbocycles. The van der Waals surface area contributed by atoms with E-state index in [1.807, 2.05) is 19.9 Å². The first-order chi connectivity index (χ1) is 9.71. The van der Waals surface area contributed by atoms with Crippen LogP contribution in [-0.4, -0.2) is 32.4 Å². The van der Waals surface area contributed by atoms with Gasteiger partial charge in [-0.3, -0.25) is 0 Å². The van der Waals surface area contributed by atoms with Gasteiger partial charge in [0.2, 0.25) is 10.0 Å². The summed E-state index contributed by atoms with van der Waals surface area (Å²) in [6, 6.07) is 6.78. The van der Waals surface area contributed by atoms with Crippen LogP contribution in [0.15, 0.2) is 23.1 Å². The van der Waals surface area contributed by atoms with Gasteiger partial charge in [0.05, 0.1) is 5.56 Å². The van der Waals surface area contributed by atoms with Crippen molar-refractivity contribution in [3.63, 3.8) is 0 Å². The number of hydrogen-bond acceptors (Lipinski definition) is 4. The van der Waals surface area contributed by atoms with Crippen LogP contribution < -0.4 is 5.73 Å². The second-order valence-corrected chi connectivity index (χ2v) is 7.60. The van der Waals surface area contributed by atoms with E-state index >= 15 is 0 Å². The Hall–Kier alpha value is -1.42. The Morgan fingerprint density at radius 2 is 2.00 bits per heavy atom. The van der Waals surface area contributed by atoms with Gasteiger partial charge in [0, 0.05) is 19.6 Å². The van der Waals surface area contributed by atoms with Gasteiger partial charge in [-0.1, -0.05) is 26.0 Å². The zero-order valence-corrected chi connectivity index (χ0v) is 13.8. The fourth-order valence-electron chi connectivity index (χ4n) is 1.95. The van der Waals surface area contributed by atoms with Crippen LogP contribution in [0.2, 0.25) is 0 Å². The summed E-state index contributed by atoms with van der Waals surface area (Å²) >= 11 is 0. The molecule has 0 spiro atoms. The number of sulfonamides is 1. The highest BCUT2D eigenvalue weighted by molar-refractivity contribution is 7.89. The molecule has 0 fully saturated rings. The van der Waals surface area contributed by atoms with Crippen LogP contribution in [0.25, 0.3) is 0 Å². The first-order valence-corrected chi connectivity index (χ1v) is 8.37. The summed E-state index contributed by atoms with van der Waals surface area (Å²) in [6.07, 6.45) is 0.584. The minimum Gasteiger partial charge on any atom is -0.327 e. The van der Waals surface area contributed by atoms with E-state index in [0.717, 1.165) is 0 Å². The minimum absolute atomic E-state index is 0.0457. The quantitative estimate of drug-likeness (QED) is 0.869. The van der Waals surface area contributed by atoms with E-state index < -0.39 is 10.0 Å². The highest BCUT2D eigenvalue weighted by Gasteiger charge is 2.25. The number of rotatable bonds is 6. The van der Waals surface area contributed by atoms with Crippen molar-refractivity contribution in [2.24, 2.45) is 11.7 Å². The van der Waals surface area contributed by atoms with Gasteiger partial charge in [-0.25, -0.2) is 12.7 Å². The molecule has 0 aliphatic rings. The van der Waals surface area contributed by atoms with Crippen LogP contribution in [0, 0.1) is 24.2 Å². The summed E-state index contributed by atoms with van der Waals surface area (Å²) in [6.45, 7) is 6.08. The van der Waals surface area contributed by atoms with Gasteiger partial charge in [-0.2, -0.15) is 5.26 Å². The van der Waals surface area contributed by atoms with Crippen molar-refractivity contribution in [3.05, 3.63) is 29.3 Å². The average molecular weight is 309 g/mol. The van der Waals surface area contributed by atoms with E-state index in [-0.39, 0.29) is 16.5 Å². The Morgan fingerprint density at radius 1 is 1.38 bits per heavy atom. The lowest BCUT2D eigenvalue weighted by Crippen LogP contribution is -2.35. The minimum atomic E-state index is -3.67. The lowest BCUT2D eigenvalue weighted by molar-refractivity contribution is 0.397. The Balaban J connectivity index is 3.02. The molecule has 116 valence electrons. The highest BCUT2D eigenvalue weighted by Crippen LogP contribution is 2.22. The van der Waals surface area contributed by atoms with Crippen LogP contribution in [0.1, 0.15) is 31.4 Å². The maximum absolute atomic E-state index is 12.6. The molecule has 0 radical (unpaired) electrons. The first-order valence-electron chi connectivity index (χ1n) is 6.93. The molecule has 5 nitrogen and oxygen atoms in total. The fourth-order valence-corrected chi connectivity index (χ4v) is 3.35. The van der Waals surface area contributed by atoms with Crippen molar-refractivity contribution in [2.45, 2.75) is 38.1 Å². The Bertz CT molecular complexity index is 633. The molecule has 0 bridgehead atoms. The molecule has 0 unspecified atom stereocenters. The molecule has 2 N–H and O–H groups in total. The molecule has 0 aliphatic heterocycles. The molecule has 0 saturated carbocycles. The molecular weight excluding hydrogens is 286 g/mol. The number of nitrogens with zero attached hydrogens (tertiary/aromatic N) is 2. The zero-order valence-electron chi connectivity index (χ0n) is 13.0. The second kappa shape index (κ2) is 7.03. The van der Waals surface area contributed by atoms with Crippen molar-refractivity contribution < 1.29 is 8.42 Å². The molecule has 6 heteroatoms. The summed E-state index contributed by atoms with van der Waals surface area (Å²) in [5.74, 6) is 0.301. The molecule has 1 atom stereocenters. The molecule has 0 heterocycles. The summed E-state index contributed by atoms with van der Waals surface area (Å²) in [5, 5.41) is 9.18. The molecule has 1 aromatic rings. The summed E-state index contributed by atoms with van der Waals surface area (Å²) in [4.78, 5) is 0.0608. The van der Waals surface area contributed by atoms with Gasteiger partial charge in [-0.15, -0.1) is 0 Å². The SMILES string of the molecule is Cc1cccc(S(=O)(=O)N(C)CC[C@H](N)C(C)C)c1C#N. The third kappa shape index (κ3) is 4.03. The maximum Gasteiger partial charge on any atom is 0.244 e. The molecule has 21 heavy (non-hydrogen) atoms. The summed E-state index contributed by atoms with van der Waals surface area (Å²) in [7, 11) is -2.15. The highest BCUT2D eigenvalue weighted by atomic mass is 32.2. The third-order valence-electron chi connectivity index (χ3n) is 3.67. The number of aryl methyl sites for hydroxylation is 1. The van der Waals surface area contributed by atoms with E-state index in [4.69, 9.17) is 5.73 Å². The number of nitrogens with two attached hydrogens (primary N) is 1. The van der Waals surface area contributed by atoms with Gasteiger partial charge in [0.15, 0.2) is 0 Å². The number of nitriles is 1. The van der Waals surface area contributed by atoms with E-state index in [2.05, 4.69) is 0 Å². The lowest BCUT2D eigenvalue weighted by Gasteiger charge is -2.22. The smallest absolute Gasteiger partial charge is 0.244 e. The molecule has 1 aromatic carbocycles.